The van der Waals surface area contributed by atoms with Crippen LogP contribution in [0.5, 0.6) is 5.75 Å². The minimum absolute atomic E-state index is 0.221. The molecule has 0 aliphatic heterocycles. The highest BCUT2D eigenvalue weighted by molar-refractivity contribution is 7.17. The maximum Gasteiger partial charge on any atom is 0.341 e. The smallest absolute Gasteiger partial charge is 0.341 e. The molecule has 114 valence electrons. The summed E-state index contributed by atoms with van der Waals surface area (Å²) in [6, 6.07) is 1.68. The van der Waals surface area contributed by atoms with Crippen molar-refractivity contribution in [2.24, 2.45) is 7.05 Å². The van der Waals surface area contributed by atoms with E-state index < -0.39 is 17.3 Å². The Labute approximate surface area is 128 Å². The van der Waals surface area contributed by atoms with Gasteiger partial charge >= 0.3 is 5.97 Å². The number of aryl methyl sites for hydroxylation is 2. The van der Waals surface area contributed by atoms with Gasteiger partial charge in [0.05, 0.1) is 22.5 Å². The molecule has 3 rings (SSSR count). The lowest BCUT2D eigenvalue weighted by atomic mass is 10.2. The van der Waals surface area contributed by atoms with Gasteiger partial charge in [-0.1, -0.05) is 0 Å². The second kappa shape index (κ2) is 4.99. The lowest BCUT2D eigenvalue weighted by Crippen LogP contribution is -2.23. The third-order valence-electron chi connectivity index (χ3n) is 3.50. The van der Waals surface area contributed by atoms with Crippen LogP contribution in [0.2, 0.25) is 0 Å². The molecule has 0 spiro atoms. The second-order valence-electron chi connectivity index (χ2n) is 4.97. The molecule has 0 radical (unpaired) electrons. The lowest BCUT2D eigenvalue weighted by Gasteiger charge is -2.10. The molecule has 22 heavy (non-hydrogen) atoms. The molecule has 0 bridgehead atoms. The van der Waals surface area contributed by atoms with Crippen molar-refractivity contribution in [1.29, 1.82) is 0 Å². The maximum atomic E-state index is 12.4. The number of aromatic nitrogens is 3. The monoisotopic (exact) mass is 319 g/mol. The van der Waals surface area contributed by atoms with E-state index in [-0.39, 0.29) is 12.1 Å². The third kappa shape index (κ3) is 2.08. The molecular formula is C14H13N3O4S. The van der Waals surface area contributed by atoms with Crippen molar-refractivity contribution in [2.75, 3.05) is 0 Å². The summed E-state index contributed by atoms with van der Waals surface area (Å²) in [5.74, 6) is -2.05. The standard InChI is InChI=1S/C14H13N3O4S/c1-7-8(5-16(2)15-7)6-17-9-3-4-22-12(9)10(14(20)21)11(18)13(17)19/h3-5,18H,6H2,1-2H3,(H,20,21). The van der Waals surface area contributed by atoms with E-state index in [0.29, 0.717) is 10.2 Å². The van der Waals surface area contributed by atoms with E-state index in [1.54, 1.807) is 29.4 Å². The normalized spacial score (nSPS) is 11.2. The number of hydrogen-bond acceptors (Lipinski definition) is 5. The van der Waals surface area contributed by atoms with Gasteiger partial charge in [-0.05, 0) is 18.4 Å². The van der Waals surface area contributed by atoms with Gasteiger partial charge in [0.2, 0.25) is 0 Å². The Morgan fingerprint density at radius 2 is 2.18 bits per heavy atom. The molecule has 3 aromatic rings. The van der Waals surface area contributed by atoms with Crippen LogP contribution >= 0.6 is 11.3 Å². The van der Waals surface area contributed by atoms with Crippen molar-refractivity contribution in [2.45, 2.75) is 13.5 Å². The van der Waals surface area contributed by atoms with E-state index in [1.807, 2.05) is 6.92 Å². The Morgan fingerprint density at radius 1 is 1.45 bits per heavy atom. The zero-order valence-electron chi connectivity index (χ0n) is 11.9. The van der Waals surface area contributed by atoms with Crippen LogP contribution in [0, 0.1) is 6.92 Å². The summed E-state index contributed by atoms with van der Waals surface area (Å²) in [5, 5.41) is 25.1. The lowest BCUT2D eigenvalue weighted by molar-refractivity contribution is 0.0695. The van der Waals surface area contributed by atoms with Crippen LogP contribution in [0.25, 0.3) is 10.2 Å². The molecule has 0 aliphatic rings. The molecule has 7 nitrogen and oxygen atoms in total. The summed E-state index contributed by atoms with van der Waals surface area (Å²) < 4.78 is 3.40. The molecule has 0 amide bonds. The number of carbonyl (C=O) groups is 1. The Bertz CT molecular complexity index is 951. The number of aromatic hydroxyl groups is 1. The van der Waals surface area contributed by atoms with E-state index in [4.69, 9.17) is 0 Å². The fraction of sp³-hybridized carbons (Fsp3) is 0.214. The fourth-order valence-electron chi connectivity index (χ4n) is 2.48. The number of aromatic carboxylic acids is 1. The highest BCUT2D eigenvalue weighted by Gasteiger charge is 2.22. The molecule has 2 N–H and O–H groups in total. The van der Waals surface area contributed by atoms with Crippen LogP contribution in [-0.4, -0.2) is 30.5 Å². The highest BCUT2D eigenvalue weighted by atomic mass is 32.1. The molecule has 3 heterocycles. The topological polar surface area (TPSA) is 97.4 Å². The zero-order chi connectivity index (χ0) is 16.0. The number of nitrogens with zero attached hydrogens (tertiary/aromatic N) is 3. The van der Waals surface area contributed by atoms with Crippen LogP contribution in [0.15, 0.2) is 22.4 Å². The fourth-order valence-corrected chi connectivity index (χ4v) is 3.42. The van der Waals surface area contributed by atoms with Crippen LogP contribution in [-0.2, 0) is 13.6 Å². The predicted octanol–water partition coefficient (Wildman–Crippen LogP) is 1.56. The van der Waals surface area contributed by atoms with E-state index >= 15 is 0 Å². The summed E-state index contributed by atoms with van der Waals surface area (Å²) in [5.41, 5.74) is 1.05. The molecular weight excluding hydrogens is 306 g/mol. The van der Waals surface area contributed by atoms with Crippen molar-refractivity contribution in [1.82, 2.24) is 14.3 Å². The minimum Gasteiger partial charge on any atom is -0.502 e. The summed E-state index contributed by atoms with van der Waals surface area (Å²) in [6.45, 7) is 2.05. The van der Waals surface area contributed by atoms with Gasteiger partial charge in [-0.2, -0.15) is 5.10 Å². The molecule has 0 saturated carbocycles. The van der Waals surface area contributed by atoms with E-state index in [0.717, 1.165) is 11.3 Å². The van der Waals surface area contributed by atoms with Gasteiger partial charge in [-0.25, -0.2) is 4.79 Å². The van der Waals surface area contributed by atoms with E-state index in [9.17, 15) is 19.8 Å². The first-order valence-corrected chi connectivity index (χ1v) is 7.33. The average Bonchev–Trinajstić information content (AvgIpc) is 3.01. The van der Waals surface area contributed by atoms with Crippen molar-refractivity contribution in [3.8, 4) is 5.75 Å². The van der Waals surface area contributed by atoms with Crippen LogP contribution < -0.4 is 5.56 Å². The van der Waals surface area contributed by atoms with Crippen LogP contribution in [0.3, 0.4) is 0 Å². The number of rotatable bonds is 3. The third-order valence-corrected chi connectivity index (χ3v) is 4.43. The van der Waals surface area contributed by atoms with Crippen molar-refractivity contribution in [3.63, 3.8) is 0 Å². The van der Waals surface area contributed by atoms with Gasteiger partial charge in [0.1, 0.15) is 5.56 Å². The number of fused-ring (bicyclic) bond motifs is 1. The SMILES string of the molecule is Cc1nn(C)cc1Cn1c(=O)c(O)c(C(=O)O)c2sccc21. The summed E-state index contributed by atoms with van der Waals surface area (Å²) in [4.78, 5) is 23.7. The summed E-state index contributed by atoms with van der Waals surface area (Å²) >= 11 is 1.18. The van der Waals surface area contributed by atoms with E-state index in [1.165, 1.54) is 15.9 Å². The number of hydrogen-bond donors (Lipinski definition) is 2. The number of carboxylic acid groups (broad SMARTS) is 1. The first-order valence-electron chi connectivity index (χ1n) is 6.45. The summed E-state index contributed by atoms with van der Waals surface area (Å²) in [7, 11) is 1.78. The Morgan fingerprint density at radius 3 is 2.77 bits per heavy atom. The largest absolute Gasteiger partial charge is 0.502 e. The van der Waals surface area contributed by atoms with Gasteiger partial charge in [0.15, 0.2) is 5.75 Å². The highest BCUT2D eigenvalue weighted by Crippen LogP contribution is 2.29. The minimum atomic E-state index is -1.31. The van der Waals surface area contributed by atoms with Crippen LogP contribution in [0.4, 0.5) is 0 Å². The predicted molar refractivity (Wildman–Crippen MR) is 81.8 cm³/mol. The summed E-state index contributed by atoms with van der Waals surface area (Å²) in [6.07, 6.45) is 1.79. The number of pyridine rings is 1. The Hall–Kier alpha value is -2.61. The molecule has 3 aromatic heterocycles. The van der Waals surface area contributed by atoms with Crippen molar-refractivity contribution >= 4 is 27.5 Å². The van der Waals surface area contributed by atoms with Crippen molar-refractivity contribution in [3.05, 3.63) is 44.8 Å². The van der Waals surface area contributed by atoms with Crippen LogP contribution in [0.1, 0.15) is 21.6 Å². The maximum absolute atomic E-state index is 12.4. The van der Waals surface area contributed by atoms with Gasteiger partial charge in [-0.15, -0.1) is 11.3 Å². The molecule has 0 unspecified atom stereocenters. The zero-order valence-corrected chi connectivity index (χ0v) is 12.7. The average molecular weight is 319 g/mol. The van der Waals surface area contributed by atoms with Gasteiger partial charge in [-0.3, -0.25) is 14.0 Å². The number of thiophene rings is 1. The van der Waals surface area contributed by atoms with Crippen molar-refractivity contribution < 1.29 is 15.0 Å². The first-order chi connectivity index (χ1) is 10.4. The second-order valence-corrected chi connectivity index (χ2v) is 5.88. The Balaban J connectivity index is 2.27. The molecule has 8 heteroatoms. The van der Waals surface area contributed by atoms with Gasteiger partial charge in [0, 0.05) is 18.8 Å². The molecule has 0 fully saturated rings. The van der Waals surface area contributed by atoms with E-state index in [2.05, 4.69) is 5.10 Å². The first kappa shape index (κ1) is 14.3. The van der Waals surface area contributed by atoms with Gasteiger partial charge in [0.25, 0.3) is 5.56 Å². The van der Waals surface area contributed by atoms with Gasteiger partial charge < -0.3 is 10.2 Å². The molecule has 0 atom stereocenters. The molecule has 0 aromatic carbocycles. The molecule has 0 aliphatic carbocycles. The number of carboxylic acids is 1. The molecule has 0 saturated heterocycles. The quantitative estimate of drug-likeness (QED) is 0.763. The Kier molecular flexibility index (Phi) is 3.25.